The molecule has 2 aromatic rings. The third kappa shape index (κ3) is 3.97. The second kappa shape index (κ2) is 7.85. The molecule has 0 unspecified atom stereocenters. The van der Waals surface area contributed by atoms with Gasteiger partial charge in [-0.2, -0.15) is 5.10 Å². The number of rotatable bonds is 7. The molecule has 1 aromatic carbocycles. The van der Waals surface area contributed by atoms with Crippen LogP contribution in [0.15, 0.2) is 17.0 Å². The zero-order chi connectivity index (χ0) is 19.6. The molecular formula is C17H24ClN3O4S. The first kappa shape index (κ1) is 20.5. The summed E-state index contributed by atoms with van der Waals surface area (Å²) in [5.74, 6) is 0.502. The fourth-order valence-electron chi connectivity index (χ4n) is 2.61. The van der Waals surface area contributed by atoms with Gasteiger partial charge in [0.25, 0.3) is 0 Å². The lowest BCUT2D eigenvalue weighted by Crippen LogP contribution is -2.30. The van der Waals surface area contributed by atoms with Crippen molar-refractivity contribution >= 4 is 21.6 Å². The standard InChI is InChI=1S/C17H24ClN3O4S/c1-10(21-13(4)11(2)12(3)20-21)9-19-26(22,23)17-7-14(18)15(24-5)8-16(17)25-6/h7-8,10,19H,9H2,1-6H3/t10-/m0/s1. The number of nitrogens with zero attached hydrogens (tertiary/aromatic N) is 2. The first-order chi connectivity index (χ1) is 12.1. The summed E-state index contributed by atoms with van der Waals surface area (Å²) < 4.78 is 40.2. The molecule has 26 heavy (non-hydrogen) atoms. The largest absolute Gasteiger partial charge is 0.495 e. The Morgan fingerprint density at radius 1 is 1.19 bits per heavy atom. The number of benzene rings is 1. The Labute approximate surface area is 159 Å². The van der Waals surface area contributed by atoms with Gasteiger partial charge in [-0.1, -0.05) is 11.6 Å². The predicted octanol–water partition coefficient (Wildman–Crippen LogP) is 3.02. The number of halogens is 1. The van der Waals surface area contributed by atoms with Gasteiger partial charge in [0, 0.05) is 18.3 Å². The number of hydrogen-bond donors (Lipinski definition) is 1. The summed E-state index contributed by atoms with van der Waals surface area (Å²) in [4.78, 5) is -0.0393. The maximum absolute atomic E-state index is 12.7. The number of ether oxygens (including phenoxy) is 2. The first-order valence-electron chi connectivity index (χ1n) is 8.05. The van der Waals surface area contributed by atoms with E-state index in [-0.39, 0.29) is 28.3 Å². The van der Waals surface area contributed by atoms with Gasteiger partial charge in [0.1, 0.15) is 16.4 Å². The van der Waals surface area contributed by atoms with Gasteiger partial charge in [-0.05, 0) is 39.3 Å². The minimum atomic E-state index is -3.83. The second-order valence-electron chi connectivity index (χ2n) is 6.08. The van der Waals surface area contributed by atoms with Crippen molar-refractivity contribution in [1.82, 2.24) is 14.5 Å². The molecule has 0 spiro atoms. The molecule has 0 saturated heterocycles. The average molecular weight is 402 g/mol. The summed E-state index contributed by atoms with van der Waals surface area (Å²) in [5.41, 5.74) is 3.04. The van der Waals surface area contributed by atoms with Crippen molar-refractivity contribution < 1.29 is 17.9 Å². The zero-order valence-electron chi connectivity index (χ0n) is 15.8. The summed E-state index contributed by atoms with van der Waals surface area (Å²) in [5, 5.41) is 4.66. The van der Waals surface area contributed by atoms with Crippen molar-refractivity contribution in [3.8, 4) is 11.5 Å². The lowest BCUT2D eigenvalue weighted by atomic mass is 10.2. The van der Waals surface area contributed by atoms with Gasteiger partial charge >= 0.3 is 0 Å². The predicted molar refractivity (Wildman–Crippen MR) is 101 cm³/mol. The lowest BCUT2D eigenvalue weighted by Gasteiger charge is -2.17. The van der Waals surface area contributed by atoms with Crippen LogP contribution in [0.25, 0.3) is 0 Å². The molecule has 2 rings (SSSR count). The minimum absolute atomic E-state index is 0.0393. The van der Waals surface area contributed by atoms with Gasteiger partial charge in [0.2, 0.25) is 10.0 Å². The van der Waals surface area contributed by atoms with Crippen molar-refractivity contribution in [2.24, 2.45) is 0 Å². The number of aromatic nitrogens is 2. The molecule has 9 heteroatoms. The van der Waals surface area contributed by atoms with E-state index in [1.165, 1.54) is 26.4 Å². The van der Waals surface area contributed by atoms with Gasteiger partial charge in [-0.15, -0.1) is 0 Å². The molecule has 144 valence electrons. The van der Waals surface area contributed by atoms with Crippen LogP contribution in [0, 0.1) is 20.8 Å². The second-order valence-corrected chi connectivity index (χ2v) is 8.22. The van der Waals surface area contributed by atoms with Crippen LogP contribution < -0.4 is 14.2 Å². The van der Waals surface area contributed by atoms with Crippen LogP contribution in [0.3, 0.4) is 0 Å². The lowest BCUT2D eigenvalue weighted by molar-refractivity contribution is 0.385. The first-order valence-corrected chi connectivity index (χ1v) is 9.92. The van der Waals surface area contributed by atoms with Crippen LogP contribution >= 0.6 is 11.6 Å². The smallest absolute Gasteiger partial charge is 0.244 e. The molecule has 1 atom stereocenters. The Morgan fingerprint density at radius 2 is 1.81 bits per heavy atom. The highest BCUT2D eigenvalue weighted by Gasteiger charge is 2.23. The van der Waals surface area contributed by atoms with Crippen molar-refractivity contribution in [3.63, 3.8) is 0 Å². The number of sulfonamides is 1. The Kier molecular flexibility index (Phi) is 6.21. The topological polar surface area (TPSA) is 82.5 Å². The van der Waals surface area contributed by atoms with E-state index < -0.39 is 10.0 Å². The van der Waals surface area contributed by atoms with Crippen LogP contribution in [0.1, 0.15) is 29.9 Å². The number of methoxy groups -OCH3 is 2. The number of nitrogens with one attached hydrogen (secondary N) is 1. The summed E-state index contributed by atoms with van der Waals surface area (Å²) >= 11 is 6.08. The van der Waals surface area contributed by atoms with E-state index in [1.54, 1.807) is 0 Å². The van der Waals surface area contributed by atoms with Crippen LogP contribution in [-0.4, -0.2) is 39.0 Å². The van der Waals surface area contributed by atoms with E-state index >= 15 is 0 Å². The highest BCUT2D eigenvalue weighted by Crippen LogP contribution is 2.35. The Bertz CT molecular complexity index is 909. The summed E-state index contributed by atoms with van der Waals surface area (Å²) in [6, 6.07) is 2.61. The molecule has 0 aliphatic carbocycles. The molecule has 0 saturated carbocycles. The molecule has 1 aromatic heterocycles. The van der Waals surface area contributed by atoms with Crippen molar-refractivity contribution in [1.29, 1.82) is 0 Å². The average Bonchev–Trinajstić information content (AvgIpc) is 2.87. The summed E-state index contributed by atoms with van der Waals surface area (Å²) in [6.07, 6.45) is 0. The Balaban J connectivity index is 2.26. The molecule has 0 aliphatic heterocycles. The zero-order valence-corrected chi connectivity index (χ0v) is 17.3. The highest BCUT2D eigenvalue weighted by molar-refractivity contribution is 7.89. The van der Waals surface area contributed by atoms with E-state index in [0.717, 1.165) is 17.0 Å². The summed E-state index contributed by atoms with van der Waals surface area (Å²) in [6.45, 7) is 7.97. The van der Waals surface area contributed by atoms with Gasteiger partial charge in [-0.3, -0.25) is 4.68 Å². The van der Waals surface area contributed by atoms with Crippen LogP contribution in [0.4, 0.5) is 0 Å². The normalized spacial score (nSPS) is 12.9. The minimum Gasteiger partial charge on any atom is -0.495 e. The van der Waals surface area contributed by atoms with Crippen LogP contribution in [-0.2, 0) is 10.0 Å². The molecule has 1 N–H and O–H groups in total. The molecule has 0 radical (unpaired) electrons. The third-order valence-corrected chi connectivity index (χ3v) is 6.14. The van der Waals surface area contributed by atoms with Crippen LogP contribution in [0.5, 0.6) is 11.5 Å². The molecule has 0 amide bonds. The van der Waals surface area contributed by atoms with Gasteiger partial charge < -0.3 is 9.47 Å². The molecule has 7 nitrogen and oxygen atoms in total. The van der Waals surface area contributed by atoms with E-state index in [1.807, 2.05) is 32.4 Å². The van der Waals surface area contributed by atoms with Gasteiger partial charge in [-0.25, -0.2) is 13.1 Å². The van der Waals surface area contributed by atoms with Gasteiger partial charge in [0.15, 0.2) is 0 Å². The maximum Gasteiger partial charge on any atom is 0.244 e. The maximum atomic E-state index is 12.7. The van der Waals surface area contributed by atoms with E-state index in [4.69, 9.17) is 21.1 Å². The van der Waals surface area contributed by atoms with E-state index in [9.17, 15) is 8.42 Å². The van der Waals surface area contributed by atoms with E-state index in [0.29, 0.717) is 5.75 Å². The van der Waals surface area contributed by atoms with Gasteiger partial charge in [0.05, 0.1) is 31.0 Å². The Hall–Kier alpha value is -1.77. The number of aryl methyl sites for hydroxylation is 1. The molecule has 0 bridgehead atoms. The SMILES string of the molecule is COc1cc(OC)c(S(=O)(=O)NC[C@H](C)n2nc(C)c(C)c2C)cc1Cl. The van der Waals surface area contributed by atoms with Crippen LogP contribution in [0.2, 0.25) is 5.02 Å². The molecule has 1 heterocycles. The fraction of sp³-hybridized carbons (Fsp3) is 0.471. The fourth-order valence-corrected chi connectivity index (χ4v) is 4.21. The molecule has 0 fully saturated rings. The highest BCUT2D eigenvalue weighted by atomic mass is 35.5. The van der Waals surface area contributed by atoms with Crippen molar-refractivity contribution in [2.45, 2.75) is 38.6 Å². The van der Waals surface area contributed by atoms with E-state index in [2.05, 4.69) is 9.82 Å². The quantitative estimate of drug-likeness (QED) is 0.771. The number of hydrogen-bond acceptors (Lipinski definition) is 5. The third-order valence-electron chi connectivity index (χ3n) is 4.40. The monoisotopic (exact) mass is 401 g/mol. The van der Waals surface area contributed by atoms with Crippen molar-refractivity contribution in [2.75, 3.05) is 20.8 Å². The Morgan fingerprint density at radius 3 is 2.31 bits per heavy atom. The molecular weight excluding hydrogens is 378 g/mol. The molecule has 0 aliphatic rings. The summed E-state index contributed by atoms with van der Waals surface area (Å²) in [7, 11) is -0.984. The van der Waals surface area contributed by atoms with Crippen molar-refractivity contribution in [3.05, 3.63) is 34.1 Å².